The Morgan fingerprint density at radius 2 is 2.03 bits per heavy atom. The second-order valence-corrected chi connectivity index (χ2v) is 8.52. The molecule has 1 aromatic carbocycles. The molecule has 1 aromatic heterocycles. The minimum absolute atomic E-state index is 0.112. The summed E-state index contributed by atoms with van der Waals surface area (Å²) in [4.78, 5) is 21.5. The van der Waals surface area contributed by atoms with E-state index in [1.807, 2.05) is 19.1 Å². The number of allylic oxidation sites excluding steroid dienone is 3. The maximum absolute atomic E-state index is 12.7. The molecule has 6 nitrogen and oxygen atoms in total. The summed E-state index contributed by atoms with van der Waals surface area (Å²) in [6, 6.07) is 6.00. The largest absolute Gasteiger partial charge is 0.382 e. The number of nitrogens with zero attached hydrogens (tertiary/aromatic N) is 2. The van der Waals surface area contributed by atoms with Gasteiger partial charge in [-0.3, -0.25) is 10.2 Å². The summed E-state index contributed by atoms with van der Waals surface area (Å²) in [5.41, 5.74) is 10.7. The van der Waals surface area contributed by atoms with Crippen LogP contribution in [-0.2, 0) is 12.0 Å². The highest BCUT2D eigenvalue weighted by Gasteiger charge is 2.23. The third kappa shape index (κ3) is 4.20. The molecule has 6 heteroatoms. The Bertz CT molecular complexity index is 1030. The van der Waals surface area contributed by atoms with E-state index in [0.717, 1.165) is 48.1 Å². The molecule has 2 aromatic rings. The van der Waals surface area contributed by atoms with Crippen molar-refractivity contribution in [2.24, 2.45) is 0 Å². The van der Waals surface area contributed by atoms with Gasteiger partial charge in [-0.1, -0.05) is 35.9 Å². The van der Waals surface area contributed by atoms with Crippen LogP contribution in [0.4, 0.5) is 0 Å². The Labute approximate surface area is 177 Å². The van der Waals surface area contributed by atoms with Crippen LogP contribution in [0.15, 0.2) is 48.2 Å². The van der Waals surface area contributed by atoms with E-state index in [-0.39, 0.29) is 11.9 Å². The van der Waals surface area contributed by atoms with Gasteiger partial charge in [-0.15, -0.1) is 0 Å². The normalized spacial score (nSPS) is 19.4. The number of benzene rings is 1. The smallest absolute Gasteiger partial charge is 0.265 e. The summed E-state index contributed by atoms with van der Waals surface area (Å²) < 4.78 is 0. The Hall–Kier alpha value is -2.83. The number of fused-ring (bicyclic) bond motifs is 1. The molecule has 1 amide bonds. The van der Waals surface area contributed by atoms with E-state index >= 15 is 0 Å². The minimum Gasteiger partial charge on any atom is -0.382 e. The summed E-state index contributed by atoms with van der Waals surface area (Å²) >= 11 is 0. The molecule has 2 aliphatic rings. The number of aliphatic hydroxyl groups is 1. The van der Waals surface area contributed by atoms with E-state index in [2.05, 4.69) is 45.1 Å². The number of hydrogen-bond acceptors (Lipinski definition) is 5. The zero-order chi connectivity index (χ0) is 21.3. The van der Waals surface area contributed by atoms with E-state index in [9.17, 15) is 9.90 Å². The second-order valence-electron chi connectivity index (χ2n) is 8.52. The molecule has 0 saturated heterocycles. The Kier molecular flexibility index (Phi) is 5.54. The summed E-state index contributed by atoms with van der Waals surface area (Å²) in [6.45, 7) is 5.26. The quantitative estimate of drug-likeness (QED) is 0.729. The Morgan fingerprint density at radius 3 is 2.73 bits per heavy atom. The van der Waals surface area contributed by atoms with Gasteiger partial charge in [0, 0.05) is 29.1 Å². The van der Waals surface area contributed by atoms with E-state index in [0.29, 0.717) is 11.4 Å². The number of rotatable bonds is 3. The van der Waals surface area contributed by atoms with Gasteiger partial charge in [0.1, 0.15) is 5.60 Å². The molecule has 156 valence electrons. The first-order valence-electron chi connectivity index (χ1n) is 10.4. The predicted octanol–water partition coefficient (Wildman–Crippen LogP) is 3.51. The summed E-state index contributed by atoms with van der Waals surface area (Å²) in [5.74, 6) is 0.289. The van der Waals surface area contributed by atoms with Crippen molar-refractivity contribution in [3.63, 3.8) is 0 Å². The molecule has 0 bridgehead atoms. The lowest BCUT2D eigenvalue weighted by Gasteiger charge is -2.26. The Morgan fingerprint density at radius 1 is 1.20 bits per heavy atom. The van der Waals surface area contributed by atoms with Gasteiger partial charge in [-0.05, 0) is 63.6 Å². The zero-order valence-electron chi connectivity index (χ0n) is 17.7. The number of aryl methyl sites for hydroxylation is 2. The lowest BCUT2D eigenvalue weighted by atomic mass is 9.90. The molecule has 0 radical (unpaired) electrons. The van der Waals surface area contributed by atoms with Crippen LogP contribution in [0.25, 0.3) is 11.1 Å². The van der Waals surface area contributed by atoms with Crippen LogP contribution in [-0.4, -0.2) is 27.0 Å². The SMILES string of the molecule is Cc1nc(C(C)(C)O)ncc1-c1ccc2c(c1)CC[C@H](C1=CC=CCC1)NNC2=O. The van der Waals surface area contributed by atoms with Crippen LogP contribution < -0.4 is 10.9 Å². The first-order valence-corrected chi connectivity index (χ1v) is 10.4. The van der Waals surface area contributed by atoms with Gasteiger partial charge in [-0.2, -0.15) is 0 Å². The van der Waals surface area contributed by atoms with Crippen molar-refractivity contribution in [2.75, 3.05) is 0 Å². The molecule has 30 heavy (non-hydrogen) atoms. The number of nitrogens with one attached hydrogen (secondary N) is 2. The molecular weight excluding hydrogens is 376 g/mol. The molecule has 0 saturated carbocycles. The van der Waals surface area contributed by atoms with Crippen LogP contribution in [0.2, 0.25) is 0 Å². The fraction of sp³-hybridized carbons (Fsp3) is 0.375. The van der Waals surface area contributed by atoms with Crippen molar-refractivity contribution in [1.29, 1.82) is 0 Å². The van der Waals surface area contributed by atoms with Gasteiger partial charge in [0.2, 0.25) is 0 Å². The average Bonchev–Trinajstić information content (AvgIpc) is 2.72. The molecule has 0 unspecified atom stereocenters. The molecule has 1 aliphatic heterocycles. The number of carbonyl (C=O) groups is 1. The van der Waals surface area contributed by atoms with E-state index in [1.54, 1.807) is 20.0 Å². The minimum atomic E-state index is -1.08. The lowest BCUT2D eigenvalue weighted by Crippen LogP contribution is -2.47. The monoisotopic (exact) mass is 404 g/mol. The second kappa shape index (κ2) is 8.13. The molecule has 0 spiro atoms. The topological polar surface area (TPSA) is 87.1 Å². The van der Waals surface area contributed by atoms with Crippen LogP contribution in [0.3, 0.4) is 0 Å². The molecular formula is C24H28N4O2. The van der Waals surface area contributed by atoms with Gasteiger partial charge in [0.05, 0.1) is 0 Å². The van der Waals surface area contributed by atoms with E-state index in [4.69, 9.17) is 0 Å². The third-order valence-electron chi connectivity index (χ3n) is 5.74. The number of amides is 1. The van der Waals surface area contributed by atoms with Crippen molar-refractivity contribution in [3.05, 3.63) is 70.8 Å². The lowest BCUT2D eigenvalue weighted by molar-refractivity contribution is 0.0685. The fourth-order valence-electron chi connectivity index (χ4n) is 4.02. The van der Waals surface area contributed by atoms with Crippen LogP contribution in [0, 0.1) is 6.92 Å². The summed E-state index contributed by atoms with van der Waals surface area (Å²) in [7, 11) is 0. The third-order valence-corrected chi connectivity index (χ3v) is 5.74. The summed E-state index contributed by atoms with van der Waals surface area (Å²) in [6.07, 6.45) is 11.9. The highest BCUT2D eigenvalue weighted by molar-refractivity contribution is 5.96. The van der Waals surface area contributed by atoms with Crippen molar-refractivity contribution < 1.29 is 9.90 Å². The number of hydrogen-bond donors (Lipinski definition) is 3. The van der Waals surface area contributed by atoms with E-state index in [1.165, 1.54) is 5.57 Å². The first-order chi connectivity index (χ1) is 14.3. The fourth-order valence-corrected chi connectivity index (χ4v) is 4.02. The molecule has 4 rings (SSSR count). The van der Waals surface area contributed by atoms with Crippen LogP contribution in [0.1, 0.15) is 60.5 Å². The van der Waals surface area contributed by atoms with Gasteiger partial charge in [0.15, 0.2) is 5.82 Å². The van der Waals surface area contributed by atoms with Crippen molar-refractivity contribution in [1.82, 2.24) is 20.8 Å². The van der Waals surface area contributed by atoms with Gasteiger partial charge in [-0.25, -0.2) is 15.4 Å². The van der Waals surface area contributed by atoms with Gasteiger partial charge in [0.25, 0.3) is 5.91 Å². The molecule has 0 fully saturated rings. The van der Waals surface area contributed by atoms with Crippen LogP contribution in [0.5, 0.6) is 0 Å². The zero-order valence-corrected chi connectivity index (χ0v) is 17.7. The maximum Gasteiger partial charge on any atom is 0.265 e. The first kappa shape index (κ1) is 20.4. The molecule has 3 N–H and O–H groups in total. The van der Waals surface area contributed by atoms with Gasteiger partial charge < -0.3 is 5.11 Å². The number of hydrazine groups is 1. The summed E-state index contributed by atoms with van der Waals surface area (Å²) in [5, 5.41) is 10.2. The molecule has 1 atom stereocenters. The number of carbonyl (C=O) groups excluding carboxylic acids is 1. The van der Waals surface area contributed by atoms with Crippen molar-refractivity contribution in [3.8, 4) is 11.1 Å². The average molecular weight is 405 g/mol. The van der Waals surface area contributed by atoms with Crippen molar-refractivity contribution in [2.45, 2.75) is 58.1 Å². The van der Waals surface area contributed by atoms with Gasteiger partial charge >= 0.3 is 0 Å². The predicted molar refractivity (Wildman–Crippen MR) is 117 cm³/mol. The number of aromatic nitrogens is 2. The highest BCUT2D eigenvalue weighted by Crippen LogP contribution is 2.28. The van der Waals surface area contributed by atoms with Crippen molar-refractivity contribution >= 4 is 5.91 Å². The molecule has 1 aliphatic carbocycles. The maximum atomic E-state index is 12.7. The standard InChI is InChI=1S/C24H28N4O2/c1-15-20(14-25-23(26-15)24(2,3)30)18-9-11-19-17(13-18)10-12-21(27-28-22(19)29)16-7-5-4-6-8-16/h4-5,7,9,11,13-14,21,27,30H,6,8,10,12H2,1-3H3,(H,28,29)/t21-/m1/s1. The highest BCUT2D eigenvalue weighted by atomic mass is 16.3. The van der Waals surface area contributed by atoms with Crippen LogP contribution >= 0.6 is 0 Å². The molecule has 2 heterocycles. The Balaban J connectivity index is 1.64. The van der Waals surface area contributed by atoms with E-state index < -0.39 is 5.60 Å².